The van der Waals surface area contributed by atoms with Crippen LogP contribution in [0, 0.1) is 6.92 Å². The molecule has 0 fully saturated rings. The summed E-state index contributed by atoms with van der Waals surface area (Å²) in [6, 6.07) is 11.1. The third-order valence-corrected chi connectivity index (χ3v) is 3.52. The lowest BCUT2D eigenvalue weighted by Crippen LogP contribution is -2.16. The van der Waals surface area contributed by atoms with Gasteiger partial charge in [0.15, 0.2) is 0 Å². The molecular weight excluding hydrogens is 214 g/mol. The summed E-state index contributed by atoms with van der Waals surface area (Å²) in [7, 11) is 0. The highest BCUT2D eigenvalue weighted by atomic mass is 32.1. The van der Waals surface area contributed by atoms with E-state index < -0.39 is 0 Å². The molecule has 1 unspecified atom stereocenters. The maximum atomic E-state index is 5.80. The summed E-state index contributed by atoms with van der Waals surface area (Å²) >= 11 is 1.80. The Morgan fingerprint density at radius 3 is 2.50 bits per heavy atom. The van der Waals surface area contributed by atoms with Crippen molar-refractivity contribution >= 4 is 11.3 Å². The quantitative estimate of drug-likeness (QED) is 0.858. The molecule has 2 N–H and O–H groups in total. The Morgan fingerprint density at radius 2 is 1.88 bits per heavy atom. The van der Waals surface area contributed by atoms with E-state index in [0.29, 0.717) is 0 Å². The van der Waals surface area contributed by atoms with Crippen molar-refractivity contribution in [3.8, 4) is 11.1 Å². The lowest BCUT2D eigenvalue weighted by Gasteiger charge is -2.00. The van der Waals surface area contributed by atoms with E-state index in [9.17, 15) is 0 Å². The van der Waals surface area contributed by atoms with Gasteiger partial charge in [-0.3, -0.25) is 0 Å². The summed E-state index contributed by atoms with van der Waals surface area (Å²) < 4.78 is 0. The molecule has 1 nitrogen and oxygen atoms in total. The van der Waals surface area contributed by atoms with Crippen LogP contribution >= 0.6 is 11.3 Å². The predicted octanol–water partition coefficient (Wildman–Crippen LogP) is 3.61. The van der Waals surface area contributed by atoms with E-state index in [0.717, 1.165) is 6.42 Å². The van der Waals surface area contributed by atoms with Gasteiger partial charge in [-0.2, -0.15) is 0 Å². The molecule has 1 aromatic heterocycles. The van der Waals surface area contributed by atoms with Gasteiger partial charge in [0.05, 0.1) is 0 Å². The molecule has 2 rings (SSSR count). The third kappa shape index (κ3) is 2.71. The van der Waals surface area contributed by atoms with Crippen LogP contribution in [0.4, 0.5) is 0 Å². The zero-order chi connectivity index (χ0) is 11.5. The Balaban J connectivity index is 2.21. The molecule has 0 amide bonds. The number of nitrogens with two attached hydrogens (primary N) is 1. The molecule has 1 aromatic carbocycles. The highest BCUT2D eigenvalue weighted by molar-refractivity contribution is 7.10. The Kier molecular flexibility index (Phi) is 3.42. The molecular formula is C14H17NS. The van der Waals surface area contributed by atoms with E-state index in [1.807, 2.05) is 6.92 Å². The Morgan fingerprint density at radius 1 is 1.19 bits per heavy atom. The van der Waals surface area contributed by atoms with Gasteiger partial charge < -0.3 is 5.73 Å². The van der Waals surface area contributed by atoms with Gasteiger partial charge in [-0.25, -0.2) is 0 Å². The van der Waals surface area contributed by atoms with Crippen LogP contribution in [-0.2, 0) is 6.42 Å². The van der Waals surface area contributed by atoms with Gasteiger partial charge in [0.1, 0.15) is 0 Å². The normalized spacial score (nSPS) is 12.7. The van der Waals surface area contributed by atoms with E-state index in [4.69, 9.17) is 5.73 Å². The van der Waals surface area contributed by atoms with Crippen LogP contribution in [0.3, 0.4) is 0 Å². The SMILES string of the molecule is Cc1ccc(-c2csc(CC(C)N)c2)cc1. The van der Waals surface area contributed by atoms with Gasteiger partial charge in [0, 0.05) is 10.9 Å². The van der Waals surface area contributed by atoms with Crippen molar-refractivity contribution in [2.75, 3.05) is 0 Å². The number of hydrogen-bond donors (Lipinski definition) is 1. The molecule has 2 aromatic rings. The van der Waals surface area contributed by atoms with Gasteiger partial charge in [0.25, 0.3) is 0 Å². The second kappa shape index (κ2) is 4.81. The van der Waals surface area contributed by atoms with Crippen LogP contribution in [0.2, 0.25) is 0 Å². The largest absolute Gasteiger partial charge is 0.328 e. The molecule has 0 aliphatic rings. The first-order valence-electron chi connectivity index (χ1n) is 5.55. The van der Waals surface area contributed by atoms with Gasteiger partial charge in [0.2, 0.25) is 0 Å². The first kappa shape index (κ1) is 11.4. The van der Waals surface area contributed by atoms with E-state index in [-0.39, 0.29) is 6.04 Å². The number of benzene rings is 1. The molecule has 0 radical (unpaired) electrons. The van der Waals surface area contributed by atoms with Crippen molar-refractivity contribution in [1.82, 2.24) is 0 Å². The maximum Gasteiger partial charge on any atom is 0.00669 e. The van der Waals surface area contributed by atoms with Crippen LogP contribution < -0.4 is 5.73 Å². The van der Waals surface area contributed by atoms with E-state index in [2.05, 4.69) is 42.6 Å². The zero-order valence-electron chi connectivity index (χ0n) is 9.73. The number of aryl methyl sites for hydroxylation is 1. The summed E-state index contributed by atoms with van der Waals surface area (Å²) in [4.78, 5) is 1.37. The molecule has 1 heterocycles. The van der Waals surface area contributed by atoms with E-state index in [1.54, 1.807) is 11.3 Å². The summed E-state index contributed by atoms with van der Waals surface area (Å²) in [6.07, 6.45) is 0.969. The molecule has 0 saturated carbocycles. The monoisotopic (exact) mass is 231 g/mol. The topological polar surface area (TPSA) is 26.0 Å². The number of rotatable bonds is 3. The number of hydrogen-bond acceptors (Lipinski definition) is 2. The summed E-state index contributed by atoms with van der Waals surface area (Å²) in [5, 5.41) is 2.21. The molecule has 0 spiro atoms. The van der Waals surface area contributed by atoms with Gasteiger partial charge >= 0.3 is 0 Å². The number of thiophene rings is 1. The minimum atomic E-state index is 0.240. The van der Waals surface area contributed by atoms with Crippen LogP contribution in [-0.4, -0.2) is 6.04 Å². The minimum absolute atomic E-state index is 0.240. The van der Waals surface area contributed by atoms with Crippen molar-refractivity contribution in [2.45, 2.75) is 26.3 Å². The molecule has 0 aliphatic carbocycles. The van der Waals surface area contributed by atoms with Crippen molar-refractivity contribution in [3.63, 3.8) is 0 Å². The molecule has 2 heteroatoms. The third-order valence-electron chi connectivity index (χ3n) is 2.56. The molecule has 84 valence electrons. The van der Waals surface area contributed by atoms with E-state index >= 15 is 0 Å². The highest BCUT2D eigenvalue weighted by Gasteiger charge is 2.04. The molecule has 0 aliphatic heterocycles. The fraction of sp³-hybridized carbons (Fsp3) is 0.286. The predicted molar refractivity (Wildman–Crippen MR) is 71.8 cm³/mol. The Hall–Kier alpha value is -1.12. The standard InChI is InChI=1S/C14H17NS/c1-10-3-5-12(6-4-10)13-8-14(16-9-13)7-11(2)15/h3-6,8-9,11H,7,15H2,1-2H3. The smallest absolute Gasteiger partial charge is 0.00669 e. The minimum Gasteiger partial charge on any atom is -0.328 e. The van der Waals surface area contributed by atoms with Crippen molar-refractivity contribution in [2.24, 2.45) is 5.73 Å². The molecule has 0 bridgehead atoms. The van der Waals surface area contributed by atoms with Crippen molar-refractivity contribution in [3.05, 3.63) is 46.2 Å². The average molecular weight is 231 g/mol. The second-order valence-electron chi connectivity index (χ2n) is 4.35. The van der Waals surface area contributed by atoms with Crippen LogP contribution in [0.5, 0.6) is 0 Å². The Bertz CT molecular complexity index is 454. The zero-order valence-corrected chi connectivity index (χ0v) is 10.6. The van der Waals surface area contributed by atoms with Crippen molar-refractivity contribution < 1.29 is 0 Å². The molecule has 1 atom stereocenters. The maximum absolute atomic E-state index is 5.80. The average Bonchev–Trinajstić information content (AvgIpc) is 2.66. The highest BCUT2D eigenvalue weighted by Crippen LogP contribution is 2.26. The van der Waals surface area contributed by atoms with Gasteiger partial charge in [-0.15, -0.1) is 11.3 Å². The summed E-state index contributed by atoms with van der Waals surface area (Å²) in [5.41, 5.74) is 9.70. The van der Waals surface area contributed by atoms with Gasteiger partial charge in [-0.05, 0) is 42.8 Å². The fourth-order valence-electron chi connectivity index (χ4n) is 1.70. The Labute approximate surface area is 101 Å². The first-order valence-corrected chi connectivity index (χ1v) is 6.43. The summed E-state index contributed by atoms with van der Waals surface area (Å²) in [5.74, 6) is 0. The lowest BCUT2D eigenvalue weighted by molar-refractivity contribution is 0.747. The lowest BCUT2D eigenvalue weighted by atomic mass is 10.1. The summed E-state index contributed by atoms with van der Waals surface area (Å²) in [6.45, 7) is 4.16. The molecule has 16 heavy (non-hydrogen) atoms. The van der Waals surface area contributed by atoms with Crippen LogP contribution in [0.25, 0.3) is 11.1 Å². The van der Waals surface area contributed by atoms with E-state index in [1.165, 1.54) is 21.6 Å². The second-order valence-corrected chi connectivity index (χ2v) is 5.34. The fourth-order valence-corrected chi connectivity index (χ4v) is 2.74. The first-order chi connectivity index (χ1) is 7.65. The van der Waals surface area contributed by atoms with Crippen LogP contribution in [0.1, 0.15) is 17.4 Å². The molecule has 0 saturated heterocycles. The van der Waals surface area contributed by atoms with Gasteiger partial charge in [-0.1, -0.05) is 29.8 Å². The van der Waals surface area contributed by atoms with Crippen molar-refractivity contribution in [1.29, 1.82) is 0 Å². The van der Waals surface area contributed by atoms with Crippen LogP contribution in [0.15, 0.2) is 35.7 Å².